The van der Waals surface area contributed by atoms with Gasteiger partial charge in [-0.15, -0.1) is 5.10 Å². The number of rotatable bonds is 10. The zero-order valence-corrected chi connectivity index (χ0v) is 20.9. The molecular formula is C26H33N5O4. The monoisotopic (exact) mass is 479 g/mol. The molecule has 0 spiro atoms. The van der Waals surface area contributed by atoms with Crippen LogP contribution >= 0.6 is 0 Å². The normalized spacial score (nSPS) is 14.4. The van der Waals surface area contributed by atoms with Crippen molar-refractivity contribution >= 4 is 22.8 Å². The van der Waals surface area contributed by atoms with E-state index in [0.29, 0.717) is 17.1 Å². The quantitative estimate of drug-likeness (QED) is 0.478. The number of nitrogens with zero attached hydrogens (tertiary/aromatic N) is 4. The zero-order valence-electron chi connectivity index (χ0n) is 20.9. The predicted octanol–water partition coefficient (Wildman–Crippen LogP) is 3.49. The Hall–Kier alpha value is -3.62. The molecule has 9 nitrogen and oxygen atoms in total. The Balaban J connectivity index is 1.73. The molecule has 0 unspecified atom stereocenters. The fraction of sp³-hybridized carbons (Fsp3) is 0.462. The highest BCUT2D eigenvalue weighted by atomic mass is 16.5. The number of methoxy groups -OCH3 is 2. The van der Waals surface area contributed by atoms with Crippen LogP contribution in [0.5, 0.6) is 11.5 Å². The van der Waals surface area contributed by atoms with Gasteiger partial charge in [0.2, 0.25) is 11.8 Å². The van der Waals surface area contributed by atoms with Crippen LogP contribution in [-0.4, -0.2) is 57.5 Å². The summed E-state index contributed by atoms with van der Waals surface area (Å²) in [4.78, 5) is 29.2. The maximum atomic E-state index is 13.8. The van der Waals surface area contributed by atoms with Gasteiger partial charge in [-0.25, -0.2) is 4.68 Å². The van der Waals surface area contributed by atoms with Gasteiger partial charge in [0.15, 0.2) is 11.5 Å². The van der Waals surface area contributed by atoms with Crippen molar-refractivity contribution < 1.29 is 19.1 Å². The molecule has 0 radical (unpaired) electrons. The first-order valence-corrected chi connectivity index (χ1v) is 11.9. The molecular weight excluding hydrogens is 446 g/mol. The van der Waals surface area contributed by atoms with Crippen LogP contribution in [0.4, 0.5) is 0 Å². The summed E-state index contributed by atoms with van der Waals surface area (Å²) in [6, 6.07) is 12.0. The highest BCUT2D eigenvalue weighted by Gasteiger charge is 2.42. The van der Waals surface area contributed by atoms with Crippen LogP contribution in [0.1, 0.15) is 51.6 Å². The topological polar surface area (TPSA) is 98.6 Å². The molecule has 4 rings (SSSR count). The number of nitrogens with one attached hydrogen (secondary N) is 1. The molecule has 1 heterocycles. The van der Waals surface area contributed by atoms with Gasteiger partial charge in [-0.05, 0) is 62.9 Å². The van der Waals surface area contributed by atoms with E-state index in [0.717, 1.165) is 30.3 Å². The van der Waals surface area contributed by atoms with Crippen molar-refractivity contribution in [3.8, 4) is 11.5 Å². The van der Waals surface area contributed by atoms with E-state index in [9.17, 15) is 9.59 Å². The van der Waals surface area contributed by atoms with Crippen molar-refractivity contribution in [3.63, 3.8) is 0 Å². The Labute approximate surface area is 205 Å². The lowest BCUT2D eigenvalue weighted by atomic mass is 9.98. The standard InChI is InChI=1S/C26H33N5O4/c1-6-26(2,3)27-25(33)24(17-11-14-21(34-4)22(15-17)35-5)31(18-12-13-18)23(32)16-30-20-10-8-7-9-19(20)28-29-30/h7-11,14-15,18,24H,6,12-13,16H2,1-5H3,(H,27,33)/t24-/m1/s1. The Morgan fingerprint density at radius 1 is 1.14 bits per heavy atom. The number of carbonyl (C=O) groups excluding carboxylic acids is 2. The third-order valence-corrected chi connectivity index (χ3v) is 6.53. The lowest BCUT2D eigenvalue weighted by Gasteiger charge is -2.35. The Morgan fingerprint density at radius 2 is 1.86 bits per heavy atom. The number of aromatic nitrogens is 3. The van der Waals surface area contributed by atoms with Crippen LogP contribution in [0.3, 0.4) is 0 Å². The Morgan fingerprint density at radius 3 is 2.51 bits per heavy atom. The first-order chi connectivity index (χ1) is 16.8. The van der Waals surface area contributed by atoms with Crippen molar-refractivity contribution in [1.29, 1.82) is 0 Å². The van der Waals surface area contributed by atoms with Gasteiger partial charge < -0.3 is 19.7 Å². The Kier molecular flexibility index (Phi) is 6.95. The second-order valence-electron chi connectivity index (χ2n) is 9.51. The molecule has 1 atom stereocenters. The second-order valence-corrected chi connectivity index (χ2v) is 9.51. The van der Waals surface area contributed by atoms with Crippen LogP contribution in [0, 0.1) is 0 Å². The first-order valence-electron chi connectivity index (χ1n) is 11.9. The smallest absolute Gasteiger partial charge is 0.247 e. The summed E-state index contributed by atoms with van der Waals surface area (Å²) in [5, 5.41) is 11.5. The number of benzene rings is 2. The molecule has 1 aliphatic rings. The van der Waals surface area contributed by atoms with Crippen molar-refractivity contribution in [2.75, 3.05) is 14.2 Å². The van der Waals surface area contributed by atoms with Crippen LogP contribution < -0.4 is 14.8 Å². The number of amides is 2. The highest BCUT2D eigenvalue weighted by Crippen LogP contribution is 2.38. The summed E-state index contributed by atoms with van der Waals surface area (Å²) in [6.07, 6.45) is 2.44. The summed E-state index contributed by atoms with van der Waals surface area (Å²) in [5.74, 6) is 0.644. The molecule has 0 aliphatic heterocycles. The molecule has 2 aromatic carbocycles. The molecule has 9 heteroatoms. The summed E-state index contributed by atoms with van der Waals surface area (Å²) in [6.45, 7) is 5.96. The van der Waals surface area contributed by atoms with E-state index in [2.05, 4.69) is 15.6 Å². The first kappa shape index (κ1) is 24.5. The zero-order chi connectivity index (χ0) is 25.2. The molecule has 0 bridgehead atoms. The fourth-order valence-electron chi connectivity index (χ4n) is 4.11. The highest BCUT2D eigenvalue weighted by molar-refractivity contribution is 5.90. The number of hydrogen-bond donors (Lipinski definition) is 1. The van der Waals surface area contributed by atoms with Gasteiger partial charge >= 0.3 is 0 Å². The number of carbonyl (C=O) groups is 2. The number of fused-ring (bicyclic) bond motifs is 1. The van der Waals surface area contributed by atoms with Gasteiger partial charge in [0.1, 0.15) is 18.1 Å². The molecule has 2 amide bonds. The second kappa shape index (κ2) is 9.93. The molecule has 1 aromatic heterocycles. The molecule has 1 saturated carbocycles. The number of hydrogen-bond acceptors (Lipinski definition) is 6. The molecule has 1 N–H and O–H groups in total. The van der Waals surface area contributed by atoms with Gasteiger partial charge in [0, 0.05) is 11.6 Å². The van der Waals surface area contributed by atoms with Crippen LogP contribution in [0.25, 0.3) is 11.0 Å². The maximum Gasteiger partial charge on any atom is 0.247 e. The van der Waals surface area contributed by atoms with Crippen molar-refractivity contribution in [1.82, 2.24) is 25.2 Å². The third kappa shape index (κ3) is 5.23. The average Bonchev–Trinajstić information content (AvgIpc) is 3.61. The third-order valence-electron chi connectivity index (χ3n) is 6.53. The van der Waals surface area contributed by atoms with Crippen molar-refractivity contribution in [2.45, 2.75) is 64.2 Å². The SMILES string of the molecule is CCC(C)(C)NC(=O)[C@@H](c1ccc(OC)c(OC)c1)N(C(=O)Cn1nnc2ccccc21)C1CC1. The number of ether oxygens (including phenoxy) is 2. The van der Waals surface area contributed by atoms with E-state index < -0.39 is 11.6 Å². The van der Waals surface area contributed by atoms with E-state index in [1.165, 1.54) is 0 Å². The van der Waals surface area contributed by atoms with E-state index in [4.69, 9.17) is 9.47 Å². The minimum atomic E-state index is -0.824. The lowest BCUT2D eigenvalue weighted by Crippen LogP contribution is -2.51. The molecule has 35 heavy (non-hydrogen) atoms. The molecule has 186 valence electrons. The van der Waals surface area contributed by atoms with E-state index >= 15 is 0 Å². The average molecular weight is 480 g/mol. The Bertz CT molecular complexity index is 1220. The molecule has 1 aliphatic carbocycles. The van der Waals surface area contributed by atoms with E-state index in [1.54, 1.807) is 35.9 Å². The van der Waals surface area contributed by atoms with Crippen molar-refractivity contribution in [3.05, 3.63) is 48.0 Å². The minimum absolute atomic E-state index is 0.00868. The van der Waals surface area contributed by atoms with Gasteiger partial charge in [0.25, 0.3) is 0 Å². The summed E-state index contributed by atoms with van der Waals surface area (Å²) >= 11 is 0. The van der Waals surface area contributed by atoms with Crippen LogP contribution in [0.2, 0.25) is 0 Å². The summed E-state index contributed by atoms with van der Waals surface area (Å²) in [5.41, 5.74) is 1.73. The summed E-state index contributed by atoms with van der Waals surface area (Å²) < 4.78 is 12.5. The van der Waals surface area contributed by atoms with Gasteiger partial charge in [0.05, 0.1) is 19.7 Å². The fourth-order valence-corrected chi connectivity index (χ4v) is 4.11. The predicted molar refractivity (Wildman–Crippen MR) is 132 cm³/mol. The van der Waals surface area contributed by atoms with Gasteiger partial charge in [-0.3, -0.25) is 9.59 Å². The van der Waals surface area contributed by atoms with Crippen LogP contribution in [-0.2, 0) is 16.1 Å². The maximum absolute atomic E-state index is 13.8. The minimum Gasteiger partial charge on any atom is -0.493 e. The van der Waals surface area contributed by atoms with E-state index in [1.807, 2.05) is 51.1 Å². The number of para-hydroxylation sites is 1. The van der Waals surface area contributed by atoms with Gasteiger partial charge in [-0.2, -0.15) is 0 Å². The van der Waals surface area contributed by atoms with Gasteiger partial charge in [-0.1, -0.05) is 30.3 Å². The molecule has 3 aromatic rings. The summed E-state index contributed by atoms with van der Waals surface area (Å²) in [7, 11) is 3.12. The van der Waals surface area contributed by atoms with Crippen molar-refractivity contribution in [2.24, 2.45) is 0 Å². The molecule has 0 saturated heterocycles. The van der Waals surface area contributed by atoms with E-state index in [-0.39, 0.29) is 24.4 Å². The lowest BCUT2D eigenvalue weighted by molar-refractivity contribution is -0.143. The molecule has 1 fully saturated rings. The largest absolute Gasteiger partial charge is 0.493 e. The van der Waals surface area contributed by atoms with Crippen LogP contribution in [0.15, 0.2) is 42.5 Å².